The predicted molar refractivity (Wildman–Crippen MR) is 74.6 cm³/mol. The van der Waals surface area contributed by atoms with Crippen LogP contribution in [0.4, 0.5) is 4.79 Å². The molecule has 0 aromatic rings. The Balaban J connectivity index is 2.57. The molecule has 6 heteroatoms. The number of hydrogen-bond donors (Lipinski definition) is 2. The number of hydrogen-bond acceptors (Lipinski definition) is 3. The highest BCUT2D eigenvalue weighted by Crippen LogP contribution is 2.22. The zero-order chi connectivity index (χ0) is 14.7. The Bertz CT molecular complexity index is 340. The van der Waals surface area contributed by atoms with Crippen LogP contribution in [0.5, 0.6) is 0 Å². The average molecular weight is 270 g/mol. The molecule has 0 spiro atoms. The number of nitrogens with one attached hydrogen (secondary N) is 1. The topological polar surface area (TPSA) is 78.7 Å². The third-order valence-electron chi connectivity index (χ3n) is 3.98. The van der Waals surface area contributed by atoms with Gasteiger partial charge in [0.2, 0.25) is 5.91 Å². The number of likely N-dealkylation sites (tertiary alicyclic amines) is 1. The lowest BCUT2D eigenvalue weighted by Gasteiger charge is -2.45. The molecule has 0 aromatic heterocycles. The van der Waals surface area contributed by atoms with E-state index in [-0.39, 0.29) is 11.9 Å². The van der Waals surface area contributed by atoms with Crippen LogP contribution in [0.25, 0.3) is 0 Å². The number of rotatable bonds is 5. The van der Waals surface area contributed by atoms with Crippen molar-refractivity contribution in [2.75, 3.05) is 27.2 Å². The van der Waals surface area contributed by atoms with Gasteiger partial charge in [0.15, 0.2) is 0 Å². The number of carbonyl (C=O) groups excluding carboxylic acids is 2. The largest absolute Gasteiger partial charge is 0.368 e. The SMILES string of the molecule is CN[C@@H](C)C1CN(C(=O)N(C)[C@H](C(N)=O)C(C)C)C1. The van der Waals surface area contributed by atoms with Crippen LogP contribution < -0.4 is 11.1 Å². The first-order valence-electron chi connectivity index (χ1n) is 6.77. The van der Waals surface area contributed by atoms with Gasteiger partial charge in [-0.05, 0) is 19.9 Å². The molecule has 1 saturated heterocycles. The van der Waals surface area contributed by atoms with Crippen LogP contribution in [0.1, 0.15) is 20.8 Å². The zero-order valence-corrected chi connectivity index (χ0v) is 12.5. The second-order valence-electron chi connectivity index (χ2n) is 5.73. The number of amides is 3. The molecular weight excluding hydrogens is 244 g/mol. The van der Waals surface area contributed by atoms with Gasteiger partial charge in [0, 0.05) is 32.1 Å². The van der Waals surface area contributed by atoms with E-state index in [0.717, 1.165) is 13.1 Å². The molecule has 0 unspecified atom stereocenters. The van der Waals surface area contributed by atoms with Gasteiger partial charge in [-0.25, -0.2) is 4.79 Å². The summed E-state index contributed by atoms with van der Waals surface area (Å²) in [5.41, 5.74) is 5.37. The number of urea groups is 1. The molecule has 6 nitrogen and oxygen atoms in total. The predicted octanol–water partition coefficient (Wildman–Crippen LogP) is 0.0878. The Morgan fingerprint density at radius 1 is 1.32 bits per heavy atom. The van der Waals surface area contributed by atoms with Crippen LogP contribution in [0.15, 0.2) is 0 Å². The summed E-state index contributed by atoms with van der Waals surface area (Å²) in [7, 11) is 3.57. The van der Waals surface area contributed by atoms with Gasteiger partial charge in [0.25, 0.3) is 0 Å². The van der Waals surface area contributed by atoms with E-state index in [1.165, 1.54) is 4.90 Å². The van der Waals surface area contributed by atoms with Gasteiger partial charge in [-0.1, -0.05) is 13.8 Å². The van der Waals surface area contributed by atoms with E-state index in [0.29, 0.717) is 12.0 Å². The molecule has 1 aliphatic heterocycles. The highest BCUT2D eigenvalue weighted by molar-refractivity contribution is 5.86. The highest BCUT2D eigenvalue weighted by atomic mass is 16.2. The quantitative estimate of drug-likeness (QED) is 0.743. The number of carbonyl (C=O) groups is 2. The summed E-state index contributed by atoms with van der Waals surface area (Å²) in [6, 6.07) is -0.267. The summed E-state index contributed by atoms with van der Waals surface area (Å²) >= 11 is 0. The van der Waals surface area contributed by atoms with Gasteiger partial charge in [0.1, 0.15) is 6.04 Å². The van der Waals surface area contributed by atoms with Crippen LogP contribution in [0.3, 0.4) is 0 Å². The third kappa shape index (κ3) is 3.37. The van der Waals surface area contributed by atoms with Crippen molar-refractivity contribution in [3.8, 4) is 0 Å². The Hall–Kier alpha value is -1.30. The fraction of sp³-hybridized carbons (Fsp3) is 0.846. The van der Waals surface area contributed by atoms with Crippen molar-refractivity contribution < 1.29 is 9.59 Å². The van der Waals surface area contributed by atoms with Crippen LogP contribution in [-0.4, -0.2) is 61.0 Å². The van der Waals surface area contributed by atoms with E-state index < -0.39 is 11.9 Å². The van der Waals surface area contributed by atoms with Crippen molar-refractivity contribution in [2.24, 2.45) is 17.6 Å². The standard InChI is InChI=1S/C13H26N4O2/c1-8(2)11(12(14)18)16(5)13(19)17-6-10(7-17)9(3)15-4/h8-11,15H,6-7H2,1-5H3,(H2,14,18)/t9-,11-/m0/s1. The molecule has 19 heavy (non-hydrogen) atoms. The Kier molecular flexibility index (Phi) is 5.17. The molecule has 0 radical (unpaired) electrons. The Labute approximate surface area is 115 Å². The minimum Gasteiger partial charge on any atom is -0.368 e. The van der Waals surface area contributed by atoms with Crippen LogP contribution in [-0.2, 0) is 4.79 Å². The first-order chi connectivity index (χ1) is 8.79. The van der Waals surface area contributed by atoms with E-state index >= 15 is 0 Å². The molecular formula is C13H26N4O2. The summed E-state index contributed by atoms with van der Waals surface area (Å²) < 4.78 is 0. The first kappa shape index (κ1) is 15.8. The van der Waals surface area contributed by atoms with Crippen molar-refractivity contribution in [3.63, 3.8) is 0 Å². The molecule has 0 saturated carbocycles. The zero-order valence-electron chi connectivity index (χ0n) is 12.5. The lowest BCUT2D eigenvalue weighted by molar-refractivity contribution is -0.123. The lowest BCUT2D eigenvalue weighted by atomic mass is 9.93. The number of nitrogens with zero attached hydrogens (tertiary/aromatic N) is 2. The van der Waals surface area contributed by atoms with Crippen LogP contribution in [0, 0.1) is 11.8 Å². The molecule has 1 aliphatic rings. The third-order valence-corrected chi connectivity index (χ3v) is 3.98. The smallest absolute Gasteiger partial charge is 0.320 e. The fourth-order valence-electron chi connectivity index (χ4n) is 2.53. The van der Waals surface area contributed by atoms with Crippen molar-refractivity contribution in [1.82, 2.24) is 15.1 Å². The maximum Gasteiger partial charge on any atom is 0.320 e. The van der Waals surface area contributed by atoms with Gasteiger partial charge in [-0.3, -0.25) is 4.79 Å². The second-order valence-corrected chi connectivity index (χ2v) is 5.73. The van der Waals surface area contributed by atoms with E-state index in [9.17, 15) is 9.59 Å². The molecule has 1 heterocycles. The second kappa shape index (κ2) is 6.23. The first-order valence-corrected chi connectivity index (χ1v) is 6.77. The summed E-state index contributed by atoms with van der Waals surface area (Å²) in [5.74, 6) is 0.0414. The van der Waals surface area contributed by atoms with Gasteiger partial charge in [-0.15, -0.1) is 0 Å². The molecule has 1 rings (SSSR count). The van der Waals surface area contributed by atoms with Gasteiger partial charge >= 0.3 is 6.03 Å². The van der Waals surface area contributed by atoms with E-state index in [2.05, 4.69) is 12.2 Å². The minimum absolute atomic E-state index is 0.0137. The minimum atomic E-state index is -0.548. The van der Waals surface area contributed by atoms with Gasteiger partial charge in [-0.2, -0.15) is 0 Å². The molecule has 110 valence electrons. The van der Waals surface area contributed by atoms with Crippen LogP contribution >= 0.6 is 0 Å². The maximum atomic E-state index is 12.3. The van der Waals surface area contributed by atoms with Crippen LogP contribution in [0.2, 0.25) is 0 Å². The lowest BCUT2D eigenvalue weighted by Crippen LogP contribution is -2.61. The van der Waals surface area contributed by atoms with E-state index in [1.807, 2.05) is 20.9 Å². The van der Waals surface area contributed by atoms with Crippen molar-refractivity contribution in [1.29, 1.82) is 0 Å². The molecule has 0 aliphatic carbocycles. The van der Waals surface area contributed by atoms with Crippen molar-refractivity contribution in [2.45, 2.75) is 32.9 Å². The normalized spacial score (nSPS) is 18.9. The van der Waals surface area contributed by atoms with Crippen molar-refractivity contribution >= 4 is 11.9 Å². The van der Waals surface area contributed by atoms with E-state index in [4.69, 9.17) is 5.73 Å². The summed E-state index contributed by atoms with van der Waals surface area (Å²) in [6.45, 7) is 7.35. The maximum absolute atomic E-state index is 12.3. The number of primary amides is 1. The fourth-order valence-corrected chi connectivity index (χ4v) is 2.53. The summed E-state index contributed by atoms with van der Waals surface area (Å²) in [6.07, 6.45) is 0. The average Bonchev–Trinajstić information content (AvgIpc) is 2.25. The molecule has 0 aromatic carbocycles. The number of likely N-dealkylation sites (N-methyl/N-ethyl adjacent to an activating group) is 1. The van der Waals surface area contributed by atoms with Gasteiger partial charge < -0.3 is 20.9 Å². The Morgan fingerprint density at radius 3 is 2.21 bits per heavy atom. The number of nitrogens with two attached hydrogens (primary N) is 1. The van der Waals surface area contributed by atoms with E-state index in [1.54, 1.807) is 11.9 Å². The molecule has 3 amide bonds. The molecule has 0 bridgehead atoms. The van der Waals surface area contributed by atoms with Crippen molar-refractivity contribution in [3.05, 3.63) is 0 Å². The summed E-state index contributed by atoms with van der Waals surface area (Å²) in [5, 5.41) is 3.19. The van der Waals surface area contributed by atoms with Gasteiger partial charge in [0.05, 0.1) is 0 Å². The summed E-state index contributed by atoms with van der Waals surface area (Å²) in [4.78, 5) is 26.9. The highest BCUT2D eigenvalue weighted by Gasteiger charge is 2.38. The molecule has 3 N–H and O–H groups in total. The molecule has 1 fully saturated rings. The monoisotopic (exact) mass is 270 g/mol. The molecule has 2 atom stereocenters. The Morgan fingerprint density at radius 2 is 1.84 bits per heavy atom.